The van der Waals surface area contributed by atoms with Crippen molar-refractivity contribution in [1.82, 2.24) is 5.43 Å². The lowest BCUT2D eigenvalue weighted by Crippen LogP contribution is -2.42. The van der Waals surface area contributed by atoms with Gasteiger partial charge < -0.3 is 18.9 Å². The van der Waals surface area contributed by atoms with E-state index in [1.54, 1.807) is 60.7 Å². The van der Waals surface area contributed by atoms with E-state index < -0.39 is 18.0 Å². The summed E-state index contributed by atoms with van der Waals surface area (Å²) in [4.78, 5) is 24.7. The van der Waals surface area contributed by atoms with Gasteiger partial charge in [-0.2, -0.15) is 5.10 Å². The summed E-state index contributed by atoms with van der Waals surface area (Å²) in [7, 11) is 1.45. The number of rotatable bonds is 6. The summed E-state index contributed by atoms with van der Waals surface area (Å²) in [6.07, 6.45) is 0.607. The van der Waals surface area contributed by atoms with Crippen LogP contribution in [0.3, 0.4) is 0 Å². The summed E-state index contributed by atoms with van der Waals surface area (Å²) in [5, 5.41) is 4.25. The van der Waals surface area contributed by atoms with E-state index in [2.05, 4.69) is 10.5 Å². The number of methoxy groups -OCH3 is 1. The van der Waals surface area contributed by atoms with Crippen LogP contribution >= 0.6 is 11.6 Å². The van der Waals surface area contributed by atoms with Gasteiger partial charge in [-0.25, -0.2) is 10.2 Å². The number of halogens is 1. The van der Waals surface area contributed by atoms with E-state index in [9.17, 15) is 9.59 Å². The highest BCUT2D eigenvalue weighted by molar-refractivity contribution is 6.33. The molecule has 9 heteroatoms. The number of para-hydroxylation sites is 2. The Labute approximate surface area is 194 Å². The molecule has 0 fully saturated rings. The van der Waals surface area contributed by atoms with Crippen molar-refractivity contribution in [2.24, 2.45) is 5.10 Å². The molecule has 0 aromatic heterocycles. The predicted octanol–water partition coefficient (Wildman–Crippen LogP) is 3.86. The molecule has 4 rings (SSSR count). The van der Waals surface area contributed by atoms with Crippen molar-refractivity contribution in [3.05, 3.63) is 82.9 Å². The molecule has 3 aromatic carbocycles. The minimum atomic E-state index is -0.821. The number of benzene rings is 3. The summed E-state index contributed by atoms with van der Waals surface area (Å²) in [5.74, 6) is 0.565. The molecule has 1 N–H and O–H groups in total. The van der Waals surface area contributed by atoms with E-state index in [1.165, 1.54) is 13.3 Å². The predicted molar refractivity (Wildman–Crippen MR) is 121 cm³/mol. The topological polar surface area (TPSA) is 95.5 Å². The van der Waals surface area contributed by atoms with Gasteiger partial charge in [-0.1, -0.05) is 35.9 Å². The maximum atomic E-state index is 12.4. The maximum Gasteiger partial charge on any atom is 0.345 e. The third-order valence-corrected chi connectivity index (χ3v) is 5.00. The number of ether oxygens (including phenoxy) is 4. The summed E-state index contributed by atoms with van der Waals surface area (Å²) in [6, 6.07) is 18.5. The molecule has 0 bridgehead atoms. The van der Waals surface area contributed by atoms with Crippen molar-refractivity contribution in [2.45, 2.75) is 6.10 Å². The van der Waals surface area contributed by atoms with Gasteiger partial charge in [-0.05, 0) is 48.0 Å². The van der Waals surface area contributed by atoms with Crippen LogP contribution < -0.4 is 24.4 Å². The molecule has 8 nitrogen and oxygen atoms in total. The molecule has 0 saturated carbocycles. The zero-order valence-electron chi connectivity index (χ0n) is 17.5. The highest BCUT2D eigenvalue weighted by atomic mass is 35.5. The molecule has 0 spiro atoms. The Balaban J connectivity index is 1.38. The van der Waals surface area contributed by atoms with Gasteiger partial charge in [0.05, 0.1) is 23.9 Å². The lowest BCUT2D eigenvalue weighted by Gasteiger charge is -2.24. The fourth-order valence-corrected chi connectivity index (χ4v) is 3.23. The van der Waals surface area contributed by atoms with Crippen LogP contribution in [0.15, 0.2) is 71.8 Å². The lowest BCUT2D eigenvalue weighted by molar-refractivity contribution is -0.130. The molecule has 33 heavy (non-hydrogen) atoms. The second kappa shape index (κ2) is 10.1. The van der Waals surface area contributed by atoms with Gasteiger partial charge in [-0.3, -0.25) is 4.79 Å². The van der Waals surface area contributed by atoms with Gasteiger partial charge in [0, 0.05) is 0 Å². The molecule has 1 heterocycles. The number of esters is 1. The monoisotopic (exact) mass is 466 g/mol. The first-order valence-corrected chi connectivity index (χ1v) is 10.3. The SMILES string of the molecule is COc1cc(/C=N\NC(=O)[C@@H]2COc3ccccc3O2)ccc1OC(=O)c1ccccc1Cl. The Kier molecular flexibility index (Phi) is 6.75. The Bertz CT molecular complexity index is 1210. The fourth-order valence-electron chi connectivity index (χ4n) is 3.02. The molecule has 1 amide bonds. The first-order chi connectivity index (χ1) is 16.0. The number of hydrazone groups is 1. The van der Waals surface area contributed by atoms with Crippen LogP contribution in [0.25, 0.3) is 0 Å². The highest BCUT2D eigenvalue weighted by Crippen LogP contribution is 2.31. The largest absolute Gasteiger partial charge is 0.493 e. The van der Waals surface area contributed by atoms with Gasteiger partial charge >= 0.3 is 5.97 Å². The van der Waals surface area contributed by atoms with E-state index >= 15 is 0 Å². The lowest BCUT2D eigenvalue weighted by atomic mass is 10.2. The minimum absolute atomic E-state index is 0.0810. The van der Waals surface area contributed by atoms with Crippen molar-refractivity contribution in [3.63, 3.8) is 0 Å². The summed E-state index contributed by atoms with van der Waals surface area (Å²) >= 11 is 6.05. The number of hydrogen-bond donors (Lipinski definition) is 1. The average Bonchev–Trinajstić information content (AvgIpc) is 2.84. The molecule has 1 atom stereocenters. The summed E-state index contributed by atoms with van der Waals surface area (Å²) in [6.45, 7) is 0.0810. The van der Waals surface area contributed by atoms with Crippen LogP contribution in [0.1, 0.15) is 15.9 Å². The highest BCUT2D eigenvalue weighted by Gasteiger charge is 2.27. The van der Waals surface area contributed by atoms with Crippen LogP contribution in [0.2, 0.25) is 5.02 Å². The zero-order valence-corrected chi connectivity index (χ0v) is 18.2. The Morgan fingerprint density at radius 1 is 1.06 bits per heavy atom. The number of hydrogen-bond acceptors (Lipinski definition) is 7. The standard InChI is InChI=1S/C24H19ClN2O6/c1-30-21-12-15(10-11-20(21)33-24(29)16-6-2-3-7-17(16)25)13-26-27-23(28)22-14-31-18-8-4-5-9-19(18)32-22/h2-13,22H,14H2,1H3,(H,27,28)/b26-13-/t22-/m0/s1. The average molecular weight is 467 g/mol. The van der Waals surface area contributed by atoms with Crippen molar-refractivity contribution >= 4 is 29.7 Å². The molecule has 3 aromatic rings. The summed E-state index contributed by atoms with van der Waals surface area (Å²) < 4.78 is 21.9. The number of carbonyl (C=O) groups excluding carboxylic acids is 2. The van der Waals surface area contributed by atoms with Crippen molar-refractivity contribution in [2.75, 3.05) is 13.7 Å². The number of nitrogens with one attached hydrogen (secondary N) is 1. The Hall–Kier alpha value is -4.04. The molecule has 1 aliphatic rings. The Morgan fingerprint density at radius 2 is 1.82 bits per heavy atom. The van der Waals surface area contributed by atoms with Gasteiger partial charge in [0.25, 0.3) is 5.91 Å². The maximum absolute atomic E-state index is 12.4. The molecule has 0 radical (unpaired) electrons. The van der Waals surface area contributed by atoms with E-state index in [4.69, 9.17) is 30.5 Å². The molecule has 0 unspecified atom stereocenters. The molecule has 168 valence electrons. The van der Waals surface area contributed by atoms with Crippen LogP contribution in [-0.2, 0) is 4.79 Å². The van der Waals surface area contributed by atoms with Crippen molar-refractivity contribution in [1.29, 1.82) is 0 Å². The molecule has 0 aliphatic carbocycles. The Morgan fingerprint density at radius 3 is 2.61 bits per heavy atom. The number of carbonyl (C=O) groups is 2. The number of nitrogens with zero attached hydrogens (tertiary/aromatic N) is 1. The van der Waals surface area contributed by atoms with Crippen molar-refractivity contribution < 1.29 is 28.5 Å². The van der Waals surface area contributed by atoms with Crippen LogP contribution in [0, 0.1) is 0 Å². The van der Waals surface area contributed by atoms with Crippen LogP contribution in [0.4, 0.5) is 0 Å². The fraction of sp³-hybridized carbons (Fsp3) is 0.125. The molecule has 1 aliphatic heterocycles. The van der Waals surface area contributed by atoms with E-state index in [0.29, 0.717) is 22.8 Å². The van der Waals surface area contributed by atoms with Gasteiger partial charge in [0.15, 0.2) is 23.0 Å². The molecule has 0 saturated heterocycles. The van der Waals surface area contributed by atoms with E-state index in [-0.39, 0.29) is 22.9 Å². The number of fused-ring (bicyclic) bond motifs is 1. The van der Waals surface area contributed by atoms with Crippen LogP contribution in [0.5, 0.6) is 23.0 Å². The van der Waals surface area contributed by atoms with Gasteiger partial charge in [0.1, 0.15) is 6.61 Å². The zero-order chi connectivity index (χ0) is 23.2. The van der Waals surface area contributed by atoms with Crippen LogP contribution in [-0.4, -0.2) is 37.9 Å². The molecular weight excluding hydrogens is 448 g/mol. The second-order valence-corrected chi connectivity index (χ2v) is 7.29. The van der Waals surface area contributed by atoms with Crippen molar-refractivity contribution in [3.8, 4) is 23.0 Å². The first kappa shape index (κ1) is 22.2. The van der Waals surface area contributed by atoms with E-state index in [1.807, 2.05) is 6.07 Å². The number of amides is 1. The third-order valence-electron chi connectivity index (χ3n) is 4.67. The molecular formula is C24H19ClN2O6. The normalized spacial score (nSPS) is 14.5. The smallest absolute Gasteiger partial charge is 0.345 e. The van der Waals surface area contributed by atoms with E-state index in [0.717, 1.165) is 0 Å². The first-order valence-electron chi connectivity index (χ1n) is 9.91. The third kappa shape index (κ3) is 5.24. The van der Waals surface area contributed by atoms with Gasteiger partial charge in [0.2, 0.25) is 6.10 Å². The summed E-state index contributed by atoms with van der Waals surface area (Å²) in [5.41, 5.74) is 3.28. The van der Waals surface area contributed by atoms with Gasteiger partial charge in [-0.15, -0.1) is 0 Å². The minimum Gasteiger partial charge on any atom is -0.493 e. The second-order valence-electron chi connectivity index (χ2n) is 6.88. The quantitative estimate of drug-likeness (QED) is 0.256.